The molecular formula is C19H18N2O2. The average Bonchev–Trinajstić information content (AvgIpc) is 2.52. The Labute approximate surface area is 135 Å². The number of carbonyl (C=O) groups is 1. The Hall–Kier alpha value is -2.67. The van der Waals surface area contributed by atoms with E-state index in [1.807, 2.05) is 12.1 Å². The summed E-state index contributed by atoms with van der Waals surface area (Å²) in [5.41, 5.74) is 3.12. The van der Waals surface area contributed by atoms with Gasteiger partial charge < -0.3 is 4.74 Å². The van der Waals surface area contributed by atoms with Gasteiger partial charge >= 0.3 is 0 Å². The number of pyridine rings is 2. The molecule has 0 atom stereocenters. The largest absolute Gasteiger partial charge is 0.481 e. The van der Waals surface area contributed by atoms with Crippen molar-refractivity contribution in [3.05, 3.63) is 53.0 Å². The normalized spacial score (nSPS) is 15.3. The fraction of sp³-hybridized carbons (Fsp3) is 0.316. The highest BCUT2D eigenvalue weighted by atomic mass is 16.5. The van der Waals surface area contributed by atoms with Gasteiger partial charge in [0.1, 0.15) is 0 Å². The van der Waals surface area contributed by atoms with Gasteiger partial charge in [0, 0.05) is 41.6 Å². The first-order valence-corrected chi connectivity index (χ1v) is 7.51. The van der Waals surface area contributed by atoms with Crippen LogP contribution in [-0.4, -0.2) is 22.9 Å². The summed E-state index contributed by atoms with van der Waals surface area (Å²) in [5.74, 6) is 6.78. The van der Waals surface area contributed by atoms with Gasteiger partial charge in [-0.3, -0.25) is 9.78 Å². The fourth-order valence-electron chi connectivity index (χ4n) is 2.73. The third-order valence-corrected chi connectivity index (χ3v) is 3.85. The number of ketones is 1. The van der Waals surface area contributed by atoms with Gasteiger partial charge in [-0.15, -0.1) is 0 Å². The smallest absolute Gasteiger partial charge is 0.214 e. The molecule has 0 saturated heterocycles. The van der Waals surface area contributed by atoms with Crippen LogP contribution in [0.1, 0.15) is 47.4 Å². The zero-order valence-electron chi connectivity index (χ0n) is 13.5. The van der Waals surface area contributed by atoms with Gasteiger partial charge in [0.2, 0.25) is 5.88 Å². The number of hydrogen-bond acceptors (Lipinski definition) is 4. The maximum atomic E-state index is 12.3. The summed E-state index contributed by atoms with van der Waals surface area (Å²) in [6, 6.07) is 5.44. The first kappa shape index (κ1) is 15.2. The topological polar surface area (TPSA) is 52.1 Å². The van der Waals surface area contributed by atoms with Crippen molar-refractivity contribution < 1.29 is 9.53 Å². The summed E-state index contributed by atoms with van der Waals surface area (Å²) in [6.45, 7) is 4.19. The van der Waals surface area contributed by atoms with Gasteiger partial charge in [0.25, 0.3) is 0 Å². The predicted octanol–water partition coefficient (Wildman–Crippen LogP) is 3.04. The van der Waals surface area contributed by atoms with Crippen molar-refractivity contribution >= 4 is 5.78 Å². The number of aromatic nitrogens is 2. The van der Waals surface area contributed by atoms with Gasteiger partial charge in [-0.2, -0.15) is 0 Å². The number of fused-ring (bicyclic) bond motifs is 1. The lowest BCUT2D eigenvalue weighted by Gasteiger charge is -2.29. The number of carbonyl (C=O) groups excluding carboxylic acids is 1. The zero-order valence-corrected chi connectivity index (χ0v) is 13.5. The van der Waals surface area contributed by atoms with Crippen molar-refractivity contribution in [2.24, 2.45) is 5.41 Å². The summed E-state index contributed by atoms with van der Waals surface area (Å²) < 4.78 is 5.08. The van der Waals surface area contributed by atoms with Crippen LogP contribution in [0.4, 0.5) is 0 Å². The first-order chi connectivity index (χ1) is 11.0. The predicted molar refractivity (Wildman–Crippen MR) is 87.4 cm³/mol. The van der Waals surface area contributed by atoms with E-state index in [0.29, 0.717) is 17.9 Å². The molecule has 2 heterocycles. The second-order valence-corrected chi connectivity index (χ2v) is 6.50. The summed E-state index contributed by atoms with van der Waals surface area (Å²) in [7, 11) is 1.57. The lowest BCUT2D eigenvalue weighted by Crippen LogP contribution is -2.27. The number of nitrogens with zero attached hydrogens (tertiary/aromatic N) is 2. The maximum Gasteiger partial charge on any atom is 0.214 e. The lowest BCUT2D eigenvalue weighted by atomic mass is 9.75. The van der Waals surface area contributed by atoms with Crippen LogP contribution in [0.3, 0.4) is 0 Å². The molecule has 0 spiro atoms. The summed E-state index contributed by atoms with van der Waals surface area (Å²) >= 11 is 0. The highest BCUT2D eigenvalue weighted by Crippen LogP contribution is 2.33. The molecule has 23 heavy (non-hydrogen) atoms. The minimum atomic E-state index is -0.0160. The molecular weight excluding hydrogens is 288 g/mol. The van der Waals surface area contributed by atoms with Gasteiger partial charge in [-0.1, -0.05) is 25.7 Å². The minimum Gasteiger partial charge on any atom is -0.481 e. The number of hydrogen-bond donors (Lipinski definition) is 0. The minimum absolute atomic E-state index is 0.0160. The Balaban J connectivity index is 1.90. The van der Waals surface area contributed by atoms with Crippen LogP contribution in [0, 0.1) is 17.3 Å². The Kier molecular flexibility index (Phi) is 3.87. The molecule has 4 nitrogen and oxygen atoms in total. The molecule has 1 aliphatic carbocycles. The number of rotatable bonds is 1. The van der Waals surface area contributed by atoms with Crippen molar-refractivity contribution in [1.82, 2.24) is 9.97 Å². The van der Waals surface area contributed by atoms with Crippen molar-refractivity contribution in [1.29, 1.82) is 0 Å². The summed E-state index contributed by atoms with van der Waals surface area (Å²) in [6.07, 6.45) is 4.77. The van der Waals surface area contributed by atoms with Crippen molar-refractivity contribution in [3.63, 3.8) is 0 Å². The van der Waals surface area contributed by atoms with E-state index >= 15 is 0 Å². The SMILES string of the molecule is COc1cc(C#Cc2cnc3c(c2)C(=O)CC(C)(C)C3)ccn1. The second kappa shape index (κ2) is 5.85. The van der Waals surface area contributed by atoms with E-state index in [-0.39, 0.29) is 11.2 Å². The van der Waals surface area contributed by atoms with E-state index in [1.165, 1.54) is 0 Å². The Morgan fingerprint density at radius 2 is 1.91 bits per heavy atom. The molecule has 0 aromatic carbocycles. The van der Waals surface area contributed by atoms with Crippen LogP contribution in [-0.2, 0) is 6.42 Å². The molecule has 0 bridgehead atoms. The Morgan fingerprint density at radius 1 is 1.13 bits per heavy atom. The lowest BCUT2D eigenvalue weighted by molar-refractivity contribution is 0.0910. The van der Waals surface area contributed by atoms with Gasteiger partial charge in [-0.25, -0.2) is 4.98 Å². The fourth-order valence-corrected chi connectivity index (χ4v) is 2.73. The van der Waals surface area contributed by atoms with E-state index in [9.17, 15) is 4.79 Å². The molecule has 0 N–H and O–H groups in total. The van der Waals surface area contributed by atoms with Gasteiger partial charge in [0.05, 0.1) is 12.8 Å². The molecule has 0 fully saturated rings. The molecule has 0 amide bonds. The van der Waals surface area contributed by atoms with Crippen LogP contribution in [0.2, 0.25) is 0 Å². The molecule has 0 saturated carbocycles. The second-order valence-electron chi connectivity index (χ2n) is 6.50. The molecule has 116 valence electrons. The molecule has 0 radical (unpaired) electrons. The van der Waals surface area contributed by atoms with Crippen molar-refractivity contribution in [2.45, 2.75) is 26.7 Å². The van der Waals surface area contributed by atoms with Crippen LogP contribution in [0.25, 0.3) is 0 Å². The van der Waals surface area contributed by atoms with Crippen molar-refractivity contribution in [2.75, 3.05) is 7.11 Å². The number of ether oxygens (including phenoxy) is 1. The maximum absolute atomic E-state index is 12.3. The number of Topliss-reactive ketones (excluding diaryl/α,β-unsaturated/α-hetero) is 1. The molecule has 4 heteroatoms. The van der Waals surface area contributed by atoms with Crippen molar-refractivity contribution in [3.8, 4) is 17.7 Å². The number of methoxy groups -OCH3 is 1. The molecule has 0 unspecified atom stereocenters. The van der Waals surface area contributed by atoms with Crippen LogP contribution < -0.4 is 4.74 Å². The Bertz CT molecular complexity index is 829. The quantitative estimate of drug-likeness (QED) is 0.760. The molecule has 2 aromatic heterocycles. The highest BCUT2D eigenvalue weighted by molar-refractivity contribution is 5.98. The third kappa shape index (κ3) is 3.40. The summed E-state index contributed by atoms with van der Waals surface area (Å²) in [4.78, 5) is 20.8. The third-order valence-electron chi connectivity index (χ3n) is 3.85. The zero-order chi connectivity index (χ0) is 16.4. The molecule has 0 aliphatic heterocycles. The van der Waals surface area contributed by atoms with E-state index < -0.39 is 0 Å². The highest BCUT2D eigenvalue weighted by Gasteiger charge is 2.31. The van der Waals surface area contributed by atoms with Gasteiger partial charge in [0.15, 0.2) is 5.78 Å². The monoisotopic (exact) mass is 306 g/mol. The van der Waals surface area contributed by atoms with E-state index in [4.69, 9.17) is 4.74 Å². The van der Waals surface area contributed by atoms with Gasteiger partial charge in [-0.05, 0) is 24.0 Å². The molecule has 1 aliphatic rings. The van der Waals surface area contributed by atoms with E-state index in [2.05, 4.69) is 35.7 Å². The standard InChI is InChI=1S/C19H18N2O2/c1-19(2)10-16-15(17(22)11-19)8-14(12-21-16)5-4-13-6-7-20-18(9-13)23-3/h6-9,12H,10-11H2,1-3H3. The van der Waals surface area contributed by atoms with Crippen LogP contribution >= 0.6 is 0 Å². The first-order valence-electron chi connectivity index (χ1n) is 7.51. The van der Waals surface area contributed by atoms with E-state index in [1.54, 1.807) is 25.6 Å². The average molecular weight is 306 g/mol. The molecule has 3 rings (SSSR count). The summed E-state index contributed by atoms with van der Waals surface area (Å²) in [5, 5.41) is 0. The Morgan fingerprint density at radius 3 is 2.70 bits per heavy atom. The van der Waals surface area contributed by atoms with Crippen LogP contribution in [0.5, 0.6) is 5.88 Å². The van der Waals surface area contributed by atoms with E-state index in [0.717, 1.165) is 23.2 Å². The van der Waals surface area contributed by atoms with Crippen LogP contribution in [0.15, 0.2) is 30.6 Å². The molecule has 2 aromatic rings.